The largest absolute Gasteiger partial charge is 0.464 e. The Morgan fingerprint density at radius 1 is 1.27 bits per heavy atom. The lowest BCUT2D eigenvalue weighted by molar-refractivity contribution is 0.308. The van der Waals surface area contributed by atoms with E-state index in [4.69, 9.17) is 10.5 Å². The number of unbranched alkanes of at least 4 members (excludes halogenated alkanes) is 1. The molecule has 0 atom stereocenters. The van der Waals surface area contributed by atoms with Crippen LogP contribution in [0.4, 0.5) is 5.95 Å². The Morgan fingerprint density at radius 2 is 2.07 bits per heavy atom. The van der Waals surface area contributed by atoms with E-state index in [1.54, 1.807) is 11.8 Å². The molecule has 84 valence electrons. The van der Waals surface area contributed by atoms with E-state index in [1.165, 1.54) is 0 Å². The molecular weight excluding hydrogens is 212 g/mol. The fourth-order valence-electron chi connectivity index (χ4n) is 0.919. The number of rotatable bonds is 6. The van der Waals surface area contributed by atoms with E-state index >= 15 is 0 Å². The Bertz CT molecular complexity index is 308. The third kappa shape index (κ3) is 4.33. The van der Waals surface area contributed by atoms with E-state index in [-0.39, 0.29) is 5.95 Å². The van der Waals surface area contributed by atoms with E-state index in [0.717, 1.165) is 18.6 Å². The number of thioether (sulfide) groups is 1. The first-order valence-electron chi connectivity index (χ1n) is 5.03. The minimum atomic E-state index is 0.215. The number of hydrogen-bond acceptors (Lipinski definition) is 6. The van der Waals surface area contributed by atoms with Gasteiger partial charge in [0.15, 0.2) is 5.16 Å². The average molecular weight is 228 g/mol. The summed E-state index contributed by atoms with van der Waals surface area (Å²) in [4.78, 5) is 12.0. The summed E-state index contributed by atoms with van der Waals surface area (Å²) in [5.74, 6) is 1.21. The molecule has 0 amide bonds. The number of ether oxygens (including phenoxy) is 1. The van der Waals surface area contributed by atoms with Crippen molar-refractivity contribution in [3.8, 4) is 6.01 Å². The first-order valence-corrected chi connectivity index (χ1v) is 6.02. The maximum absolute atomic E-state index is 5.54. The summed E-state index contributed by atoms with van der Waals surface area (Å²) < 4.78 is 5.18. The lowest BCUT2D eigenvalue weighted by Crippen LogP contribution is -2.04. The van der Waals surface area contributed by atoms with Crippen LogP contribution in [0.15, 0.2) is 5.16 Å². The van der Waals surface area contributed by atoms with Crippen molar-refractivity contribution < 1.29 is 4.74 Å². The van der Waals surface area contributed by atoms with Crippen molar-refractivity contribution in [3.63, 3.8) is 0 Å². The van der Waals surface area contributed by atoms with E-state index in [9.17, 15) is 0 Å². The predicted molar refractivity (Wildman–Crippen MR) is 61.0 cm³/mol. The lowest BCUT2D eigenvalue weighted by Gasteiger charge is -2.03. The number of hydrogen-bond donors (Lipinski definition) is 1. The van der Waals surface area contributed by atoms with Crippen LogP contribution < -0.4 is 10.5 Å². The molecule has 0 saturated carbocycles. The molecule has 5 nitrogen and oxygen atoms in total. The second-order valence-electron chi connectivity index (χ2n) is 2.89. The molecule has 1 aromatic rings. The van der Waals surface area contributed by atoms with Crippen molar-refractivity contribution >= 4 is 17.7 Å². The topological polar surface area (TPSA) is 73.9 Å². The Balaban J connectivity index is 2.62. The van der Waals surface area contributed by atoms with Crippen molar-refractivity contribution in [2.75, 3.05) is 18.1 Å². The smallest absolute Gasteiger partial charge is 0.322 e. The van der Waals surface area contributed by atoms with Crippen LogP contribution in [0.5, 0.6) is 6.01 Å². The van der Waals surface area contributed by atoms with Gasteiger partial charge in [-0.1, -0.05) is 25.1 Å². The van der Waals surface area contributed by atoms with E-state index in [1.807, 2.05) is 6.92 Å². The van der Waals surface area contributed by atoms with Crippen molar-refractivity contribution in [1.29, 1.82) is 0 Å². The molecule has 0 aliphatic rings. The molecule has 0 spiro atoms. The molecule has 15 heavy (non-hydrogen) atoms. The van der Waals surface area contributed by atoms with E-state index < -0.39 is 0 Å². The second kappa shape index (κ2) is 6.44. The minimum absolute atomic E-state index is 0.215. The number of nitrogens with two attached hydrogens (primary N) is 1. The van der Waals surface area contributed by atoms with Gasteiger partial charge in [0, 0.05) is 5.75 Å². The van der Waals surface area contributed by atoms with Crippen molar-refractivity contribution in [3.05, 3.63) is 0 Å². The molecule has 0 fully saturated rings. The number of aromatic nitrogens is 3. The fourth-order valence-corrected chi connectivity index (χ4v) is 1.84. The summed E-state index contributed by atoms with van der Waals surface area (Å²) in [6.07, 6.45) is 2.30. The van der Waals surface area contributed by atoms with Crippen LogP contribution in [0.2, 0.25) is 0 Å². The Morgan fingerprint density at radius 3 is 2.73 bits per heavy atom. The highest BCUT2D eigenvalue weighted by Crippen LogP contribution is 2.17. The highest BCUT2D eigenvalue weighted by molar-refractivity contribution is 7.99. The molecule has 0 aromatic carbocycles. The van der Waals surface area contributed by atoms with Crippen molar-refractivity contribution in [2.45, 2.75) is 31.8 Å². The Hall–Kier alpha value is -1.04. The number of anilines is 1. The third-order valence-corrected chi connectivity index (χ3v) is 2.55. The molecule has 1 aromatic heterocycles. The molecule has 6 heteroatoms. The molecule has 0 aliphatic carbocycles. The first-order chi connectivity index (χ1) is 7.26. The Kier molecular flexibility index (Phi) is 5.17. The van der Waals surface area contributed by atoms with Crippen LogP contribution in [-0.4, -0.2) is 27.3 Å². The lowest BCUT2D eigenvalue weighted by atomic mass is 10.4. The van der Waals surface area contributed by atoms with Gasteiger partial charge in [0.2, 0.25) is 5.95 Å². The van der Waals surface area contributed by atoms with Gasteiger partial charge in [0.05, 0.1) is 6.61 Å². The maximum atomic E-state index is 5.54. The van der Waals surface area contributed by atoms with Gasteiger partial charge < -0.3 is 10.5 Å². The van der Waals surface area contributed by atoms with Crippen LogP contribution in [0.3, 0.4) is 0 Å². The van der Waals surface area contributed by atoms with Gasteiger partial charge >= 0.3 is 6.01 Å². The van der Waals surface area contributed by atoms with Crippen molar-refractivity contribution in [1.82, 2.24) is 15.0 Å². The molecule has 1 rings (SSSR count). The summed E-state index contributed by atoms with van der Waals surface area (Å²) in [6, 6.07) is 0.309. The van der Waals surface area contributed by atoms with Crippen LogP contribution in [-0.2, 0) is 0 Å². The van der Waals surface area contributed by atoms with Gasteiger partial charge in [-0.05, 0) is 13.3 Å². The second-order valence-corrected chi connectivity index (χ2v) is 3.96. The highest BCUT2D eigenvalue weighted by Gasteiger charge is 2.04. The molecule has 2 N–H and O–H groups in total. The summed E-state index contributed by atoms with van der Waals surface area (Å²) in [5, 5.41) is 0.638. The number of nitrogens with zero attached hydrogens (tertiary/aromatic N) is 3. The normalized spacial score (nSPS) is 10.3. The molecular formula is C9H16N4OS. The molecule has 0 bridgehead atoms. The standard InChI is InChI=1S/C9H16N4OS/c1-3-5-6-15-9-12-7(10)11-8(13-9)14-4-2/h3-6H2,1-2H3,(H2,10,11,12,13). The van der Waals surface area contributed by atoms with Crippen LogP contribution in [0.25, 0.3) is 0 Å². The van der Waals surface area contributed by atoms with Gasteiger partial charge in [-0.3, -0.25) is 0 Å². The number of nitrogen functional groups attached to an aromatic ring is 1. The van der Waals surface area contributed by atoms with Crippen LogP contribution in [0.1, 0.15) is 26.7 Å². The van der Waals surface area contributed by atoms with Gasteiger partial charge in [-0.25, -0.2) is 0 Å². The van der Waals surface area contributed by atoms with E-state index in [0.29, 0.717) is 17.8 Å². The summed E-state index contributed by atoms with van der Waals surface area (Å²) >= 11 is 1.58. The molecule has 1 heterocycles. The molecule has 0 saturated heterocycles. The maximum Gasteiger partial charge on any atom is 0.322 e. The fraction of sp³-hybridized carbons (Fsp3) is 0.667. The highest BCUT2D eigenvalue weighted by atomic mass is 32.2. The van der Waals surface area contributed by atoms with Gasteiger partial charge in [-0.15, -0.1) is 0 Å². The molecule has 0 aliphatic heterocycles. The first kappa shape index (κ1) is 12.0. The molecule has 0 radical (unpaired) electrons. The minimum Gasteiger partial charge on any atom is -0.464 e. The molecule has 0 unspecified atom stereocenters. The summed E-state index contributed by atoms with van der Waals surface area (Å²) in [5.41, 5.74) is 5.54. The van der Waals surface area contributed by atoms with Gasteiger partial charge in [0.25, 0.3) is 0 Å². The monoisotopic (exact) mass is 228 g/mol. The summed E-state index contributed by atoms with van der Waals surface area (Å²) in [7, 11) is 0. The zero-order valence-corrected chi connectivity index (χ0v) is 9.88. The predicted octanol–water partition coefficient (Wildman–Crippen LogP) is 1.74. The third-order valence-electron chi connectivity index (χ3n) is 1.61. The quantitative estimate of drug-likeness (QED) is 0.590. The van der Waals surface area contributed by atoms with Gasteiger partial charge in [0.1, 0.15) is 0 Å². The van der Waals surface area contributed by atoms with Gasteiger partial charge in [-0.2, -0.15) is 15.0 Å². The van der Waals surface area contributed by atoms with E-state index in [2.05, 4.69) is 21.9 Å². The van der Waals surface area contributed by atoms with Crippen molar-refractivity contribution in [2.24, 2.45) is 0 Å². The average Bonchev–Trinajstić information content (AvgIpc) is 2.18. The zero-order chi connectivity index (χ0) is 11.1. The Labute approximate surface area is 93.9 Å². The van der Waals surface area contributed by atoms with Crippen LogP contribution in [0, 0.1) is 0 Å². The zero-order valence-electron chi connectivity index (χ0n) is 9.06. The summed E-state index contributed by atoms with van der Waals surface area (Å²) in [6.45, 7) is 4.56. The SMILES string of the molecule is CCCCSc1nc(N)nc(OCC)n1. The van der Waals surface area contributed by atoms with Crippen LogP contribution >= 0.6 is 11.8 Å².